The van der Waals surface area contributed by atoms with Crippen LogP contribution in [0.15, 0.2) is 53.7 Å². The molecule has 0 spiro atoms. The summed E-state index contributed by atoms with van der Waals surface area (Å²) in [6, 6.07) is 7.95. The Balaban J connectivity index is 1.45. The van der Waals surface area contributed by atoms with E-state index in [1.807, 2.05) is 19.1 Å². The highest BCUT2D eigenvalue weighted by molar-refractivity contribution is 7.92. The van der Waals surface area contributed by atoms with Gasteiger partial charge in [0.25, 0.3) is 0 Å². The molecule has 2 heterocycles. The van der Waals surface area contributed by atoms with E-state index in [0.717, 1.165) is 23.5 Å². The Morgan fingerprint density at radius 3 is 2.56 bits per heavy atom. The van der Waals surface area contributed by atoms with Gasteiger partial charge in [0.2, 0.25) is 11.8 Å². The number of methoxy groups -OCH3 is 1. The highest BCUT2D eigenvalue weighted by atomic mass is 32.2. The Bertz CT molecular complexity index is 1220. The van der Waals surface area contributed by atoms with Crippen molar-refractivity contribution in [1.29, 1.82) is 0 Å². The second-order valence-corrected chi connectivity index (χ2v) is 9.90. The lowest BCUT2D eigenvalue weighted by Crippen LogP contribution is -2.54. The Morgan fingerprint density at radius 1 is 1.22 bits per heavy atom. The predicted octanol–water partition coefficient (Wildman–Crippen LogP) is 2.39. The zero-order valence-electron chi connectivity index (χ0n) is 17.7. The number of pyridine rings is 1. The van der Waals surface area contributed by atoms with E-state index in [1.54, 1.807) is 17.1 Å². The Kier molecular flexibility index (Phi) is 5.96. The summed E-state index contributed by atoms with van der Waals surface area (Å²) >= 11 is 0. The third-order valence-electron chi connectivity index (χ3n) is 5.55. The molecule has 0 aliphatic heterocycles. The van der Waals surface area contributed by atoms with Gasteiger partial charge in [-0.2, -0.15) is 0 Å². The monoisotopic (exact) mass is 458 g/mol. The highest BCUT2D eigenvalue weighted by Crippen LogP contribution is 2.32. The van der Waals surface area contributed by atoms with Gasteiger partial charge in [-0.1, -0.05) is 0 Å². The summed E-state index contributed by atoms with van der Waals surface area (Å²) in [4.78, 5) is 17.0. The second-order valence-electron chi connectivity index (χ2n) is 7.73. The minimum absolute atomic E-state index is 0.0116. The molecule has 1 aliphatic rings. The van der Waals surface area contributed by atoms with Gasteiger partial charge in [-0.3, -0.25) is 9.78 Å². The van der Waals surface area contributed by atoms with Crippen LogP contribution in [0, 0.1) is 12.7 Å². The average molecular weight is 459 g/mol. The van der Waals surface area contributed by atoms with Gasteiger partial charge < -0.3 is 10.1 Å². The highest BCUT2D eigenvalue weighted by Gasteiger charge is 2.42. The minimum atomic E-state index is -3.66. The summed E-state index contributed by atoms with van der Waals surface area (Å²) in [5, 5.41) is 6.42. The van der Waals surface area contributed by atoms with Crippen molar-refractivity contribution in [3.05, 3.63) is 65.9 Å². The van der Waals surface area contributed by atoms with E-state index in [9.17, 15) is 17.6 Å². The van der Waals surface area contributed by atoms with E-state index in [0.29, 0.717) is 24.3 Å². The van der Waals surface area contributed by atoms with Gasteiger partial charge in [0.05, 0.1) is 35.6 Å². The van der Waals surface area contributed by atoms with Gasteiger partial charge in [-0.05, 0) is 56.2 Å². The summed E-state index contributed by atoms with van der Waals surface area (Å²) in [5.41, 5.74) is 2.17. The van der Waals surface area contributed by atoms with Gasteiger partial charge in [0.15, 0.2) is 9.84 Å². The maximum Gasteiger partial charge on any atom is 0.236 e. The molecular formula is C22H23FN4O4S. The number of nitrogens with zero attached hydrogens (tertiary/aromatic N) is 3. The number of ether oxygens (including phenoxy) is 1. The topological polar surface area (TPSA) is 103 Å². The Labute approximate surface area is 185 Å². The van der Waals surface area contributed by atoms with Crippen LogP contribution in [0.4, 0.5) is 4.39 Å². The molecule has 0 saturated heterocycles. The molecule has 1 N–H and O–H groups in total. The second kappa shape index (κ2) is 8.70. The summed E-state index contributed by atoms with van der Waals surface area (Å²) in [5.74, 6) is -0.517. The van der Waals surface area contributed by atoms with Crippen LogP contribution in [-0.4, -0.2) is 47.5 Å². The summed E-state index contributed by atoms with van der Waals surface area (Å²) in [6.45, 7) is 1.88. The van der Waals surface area contributed by atoms with E-state index >= 15 is 0 Å². The summed E-state index contributed by atoms with van der Waals surface area (Å²) < 4.78 is 45.7. The number of aryl methyl sites for hydroxylation is 1. The molecule has 168 valence electrons. The average Bonchev–Trinajstić information content (AvgIpc) is 3.14. The van der Waals surface area contributed by atoms with E-state index in [-0.39, 0.29) is 17.2 Å². The van der Waals surface area contributed by atoms with Crippen LogP contribution in [0.1, 0.15) is 24.1 Å². The Hall–Kier alpha value is -3.27. The number of hydrogen-bond acceptors (Lipinski definition) is 6. The number of benzene rings is 1. The van der Waals surface area contributed by atoms with Crippen LogP contribution >= 0.6 is 0 Å². The van der Waals surface area contributed by atoms with Crippen molar-refractivity contribution in [3.63, 3.8) is 0 Å². The van der Waals surface area contributed by atoms with Gasteiger partial charge >= 0.3 is 0 Å². The Morgan fingerprint density at radius 2 is 1.97 bits per heavy atom. The van der Waals surface area contributed by atoms with Crippen molar-refractivity contribution in [2.24, 2.45) is 0 Å². The third-order valence-corrected chi connectivity index (χ3v) is 7.84. The van der Waals surface area contributed by atoms with Crippen LogP contribution < -0.4 is 10.1 Å². The van der Waals surface area contributed by atoms with Gasteiger partial charge in [0.1, 0.15) is 5.82 Å². The zero-order valence-corrected chi connectivity index (χ0v) is 18.5. The van der Waals surface area contributed by atoms with E-state index in [2.05, 4.69) is 15.4 Å². The third kappa shape index (κ3) is 4.36. The molecule has 1 amide bonds. The van der Waals surface area contributed by atoms with E-state index in [1.165, 1.54) is 19.2 Å². The zero-order chi connectivity index (χ0) is 22.9. The SMILES string of the molecule is COc1nn(-c2ccc(C)nc2)cc1CC(=O)NC1CCC1S(=O)(=O)c1ccc(F)cc1. The largest absolute Gasteiger partial charge is 0.480 e. The smallest absolute Gasteiger partial charge is 0.236 e. The molecule has 4 rings (SSSR count). The lowest BCUT2D eigenvalue weighted by Gasteiger charge is -2.36. The number of carbonyl (C=O) groups is 1. The van der Waals surface area contributed by atoms with Crippen LogP contribution in [0.3, 0.4) is 0 Å². The van der Waals surface area contributed by atoms with Crippen molar-refractivity contribution < 1.29 is 22.3 Å². The lowest BCUT2D eigenvalue weighted by atomic mass is 9.92. The molecule has 1 fully saturated rings. The molecule has 1 aromatic carbocycles. The molecule has 10 heteroatoms. The molecule has 32 heavy (non-hydrogen) atoms. The molecule has 2 aromatic heterocycles. The number of hydrogen-bond donors (Lipinski definition) is 1. The molecular weight excluding hydrogens is 435 g/mol. The first kappa shape index (κ1) is 21.9. The first-order valence-electron chi connectivity index (χ1n) is 10.1. The van der Waals surface area contributed by atoms with E-state index in [4.69, 9.17) is 4.74 Å². The van der Waals surface area contributed by atoms with Crippen molar-refractivity contribution in [3.8, 4) is 11.6 Å². The van der Waals surface area contributed by atoms with Crippen LogP contribution in [0.5, 0.6) is 5.88 Å². The molecule has 3 aromatic rings. The first-order valence-corrected chi connectivity index (χ1v) is 11.7. The van der Waals surface area contributed by atoms with Gasteiger partial charge in [-0.25, -0.2) is 17.5 Å². The maximum absolute atomic E-state index is 13.1. The number of carbonyl (C=O) groups excluding carboxylic acids is 1. The number of nitrogens with one attached hydrogen (secondary N) is 1. The fourth-order valence-corrected chi connectivity index (χ4v) is 5.60. The lowest BCUT2D eigenvalue weighted by molar-refractivity contribution is -0.121. The number of aromatic nitrogens is 3. The molecule has 2 atom stereocenters. The van der Waals surface area contributed by atoms with Gasteiger partial charge in [-0.15, -0.1) is 5.10 Å². The number of halogens is 1. The summed E-state index contributed by atoms with van der Waals surface area (Å²) in [7, 11) is -2.19. The normalized spacial score (nSPS) is 18.1. The van der Waals surface area contributed by atoms with Gasteiger partial charge in [0, 0.05) is 23.5 Å². The molecule has 0 radical (unpaired) electrons. The molecule has 2 unspecified atom stereocenters. The summed E-state index contributed by atoms with van der Waals surface area (Å²) in [6.07, 6.45) is 4.35. The van der Waals surface area contributed by atoms with E-state index < -0.39 is 26.9 Å². The maximum atomic E-state index is 13.1. The molecule has 1 saturated carbocycles. The first-order chi connectivity index (χ1) is 15.3. The number of amides is 1. The molecule has 1 aliphatic carbocycles. The standard InChI is InChI=1S/C22H23FN4O4S/c1-14-3-6-17(12-24-14)27-13-15(22(26-27)31-2)11-21(28)25-19-9-10-20(19)32(29,30)18-7-4-16(23)5-8-18/h3-8,12-13,19-20H,9-11H2,1-2H3,(H,25,28). The number of rotatable bonds is 7. The van der Waals surface area contributed by atoms with Crippen molar-refractivity contribution in [1.82, 2.24) is 20.1 Å². The van der Waals surface area contributed by atoms with Crippen molar-refractivity contribution in [2.45, 2.75) is 42.4 Å². The molecule has 0 bridgehead atoms. The quantitative estimate of drug-likeness (QED) is 0.546. The predicted molar refractivity (Wildman–Crippen MR) is 115 cm³/mol. The van der Waals surface area contributed by atoms with Crippen LogP contribution in [0.25, 0.3) is 5.69 Å². The number of sulfone groups is 1. The van der Waals surface area contributed by atoms with Crippen molar-refractivity contribution >= 4 is 15.7 Å². The van der Waals surface area contributed by atoms with Crippen LogP contribution in [0.2, 0.25) is 0 Å². The minimum Gasteiger partial charge on any atom is -0.480 e. The van der Waals surface area contributed by atoms with Crippen LogP contribution in [-0.2, 0) is 21.1 Å². The van der Waals surface area contributed by atoms with Crippen molar-refractivity contribution in [2.75, 3.05) is 7.11 Å². The fourth-order valence-electron chi connectivity index (χ4n) is 3.65. The fraction of sp³-hybridized carbons (Fsp3) is 0.318. The molecule has 8 nitrogen and oxygen atoms in total.